The molecule has 0 bridgehead atoms. The fraction of sp³-hybridized carbons (Fsp3) is 0.385. The molecule has 0 aliphatic carbocycles. The number of hydrogen-bond donors (Lipinski definition) is 4. The summed E-state index contributed by atoms with van der Waals surface area (Å²) in [6.07, 6.45) is 0. The fourth-order valence-electron chi connectivity index (χ4n) is 2.26. The van der Waals surface area contributed by atoms with E-state index in [-0.39, 0.29) is 11.9 Å². The maximum absolute atomic E-state index is 7.77. The van der Waals surface area contributed by atoms with Gasteiger partial charge in [0.2, 0.25) is 5.96 Å². The first-order valence-electron chi connectivity index (χ1n) is 6.54. The highest BCUT2D eigenvalue weighted by Crippen LogP contribution is 2.11. The quantitative estimate of drug-likeness (QED) is 0.332. The molecule has 1 fully saturated rings. The van der Waals surface area contributed by atoms with E-state index in [0.717, 1.165) is 38.4 Å². The zero-order chi connectivity index (χ0) is 14.5. The lowest BCUT2D eigenvalue weighted by molar-refractivity contribution is 0.174. The molecule has 0 spiro atoms. The van der Waals surface area contributed by atoms with E-state index in [1.165, 1.54) is 5.56 Å². The molecule has 2 rings (SSSR count). The van der Waals surface area contributed by atoms with Crippen LogP contribution < -0.4 is 17.2 Å². The van der Waals surface area contributed by atoms with Gasteiger partial charge in [0.25, 0.3) is 0 Å². The summed E-state index contributed by atoms with van der Waals surface area (Å²) < 4.78 is 0. The summed E-state index contributed by atoms with van der Waals surface area (Å²) in [6, 6.07) is 7.92. The van der Waals surface area contributed by atoms with Crippen LogP contribution in [0, 0.1) is 5.41 Å². The Labute approximate surface area is 118 Å². The number of rotatable bonds is 2. The normalized spacial score (nSPS) is 15.9. The molecule has 7 nitrogen and oxygen atoms in total. The highest BCUT2D eigenvalue weighted by atomic mass is 15.3. The summed E-state index contributed by atoms with van der Waals surface area (Å²) in [6.45, 7) is 4.11. The van der Waals surface area contributed by atoms with Crippen molar-refractivity contribution < 1.29 is 0 Å². The Balaban J connectivity index is 1.85. The van der Waals surface area contributed by atoms with Crippen molar-refractivity contribution in [2.75, 3.05) is 31.9 Å². The zero-order valence-electron chi connectivity index (χ0n) is 11.4. The van der Waals surface area contributed by atoms with Crippen molar-refractivity contribution in [2.24, 2.45) is 16.5 Å². The molecular formula is C13H21N7. The van der Waals surface area contributed by atoms with Gasteiger partial charge in [0, 0.05) is 38.4 Å². The molecule has 7 N–H and O–H groups in total. The Hall–Kier alpha value is -2.28. The Morgan fingerprint density at radius 2 is 1.90 bits per heavy atom. The van der Waals surface area contributed by atoms with Crippen LogP contribution in [-0.2, 0) is 6.54 Å². The number of nitrogens with one attached hydrogen (secondary N) is 1. The molecule has 0 radical (unpaired) electrons. The van der Waals surface area contributed by atoms with Gasteiger partial charge in [-0.05, 0) is 17.7 Å². The topological polar surface area (TPSA) is 121 Å². The van der Waals surface area contributed by atoms with Crippen molar-refractivity contribution in [1.29, 1.82) is 5.41 Å². The van der Waals surface area contributed by atoms with Gasteiger partial charge in [-0.15, -0.1) is 0 Å². The molecule has 1 aliphatic heterocycles. The molecule has 0 saturated carbocycles. The van der Waals surface area contributed by atoms with Gasteiger partial charge in [0.05, 0.1) is 0 Å². The van der Waals surface area contributed by atoms with Gasteiger partial charge in [0.15, 0.2) is 5.96 Å². The van der Waals surface area contributed by atoms with Crippen LogP contribution in [0.2, 0.25) is 0 Å². The van der Waals surface area contributed by atoms with Crippen LogP contribution in [0.25, 0.3) is 0 Å². The molecule has 0 atom stereocenters. The second-order valence-corrected chi connectivity index (χ2v) is 4.87. The lowest BCUT2D eigenvalue weighted by atomic mass is 10.2. The Kier molecular flexibility index (Phi) is 4.41. The molecule has 0 aromatic heterocycles. The number of guanidine groups is 2. The molecule has 108 valence electrons. The molecule has 1 aromatic rings. The van der Waals surface area contributed by atoms with E-state index in [1.807, 2.05) is 23.1 Å². The summed E-state index contributed by atoms with van der Waals surface area (Å²) in [5.41, 5.74) is 18.3. The van der Waals surface area contributed by atoms with Crippen LogP contribution in [0.4, 0.5) is 5.69 Å². The maximum Gasteiger partial charge on any atom is 0.221 e. The van der Waals surface area contributed by atoms with Gasteiger partial charge >= 0.3 is 0 Å². The first-order valence-corrected chi connectivity index (χ1v) is 6.54. The number of anilines is 1. The van der Waals surface area contributed by atoms with E-state index in [0.29, 0.717) is 0 Å². The number of piperazine rings is 1. The molecule has 7 heteroatoms. The summed E-state index contributed by atoms with van der Waals surface area (Å²) in [5, 5.41) is 7.77. The molecule has 1 aromatic carbocycles. The van der Waals surface area contributed by atoms with Gasteiger partial charge < -0.3 is 22.1 Å². The predicted molar refractivity (Wildman–Crippen MR) is 81.2 cm³/mol. The van der Waals surface area contributed by atoms with Crippen LogP contribution in [0.15, 0.2) is 29.3 Å². The van der Waals surface area contributed by atoms with E-state index in [4.69, 9.17) is 22.6 Å². The minimum absolute atomic E-state index is 0.0720. The third-order valence-corrected chi connectivity index (χ3v) is 3.26. The molecule has 20 heavy (non-hydrogen) atoms. The van der Waals surface area contributed by atoms with Crippen LogP contribution in [0.3, 0.4) is 0 Å². The fourth-order valence-corrected chi connectivity index (χ4v) is 2.26. The number of aliphatic imine (C=N–C) groups is 1. The minimum Gasteiger partial charge on any atom is -0.399 e. The lowest BCUT2D eigenvalue weighted by Gasteiger charge is -2.34. The maximum atomic E-state index is 7.77. The van der Waals surface area contributed by atoms with E-state index in [9.17, 15) is 0 Å². The average Bonchev–Trinajstić information content (AvgIpc) is 2.38. The van der Waals surface area contributed by atoms with Crippen LogP contribution in [0.5, 0.6) is 0 Å². The highest BCUT2D eigenvalue weighted by Gasteiger charge is 2.18. The minimum atomic E-state index is -0.0720. The van der Waals surface area contributed by atoms with Crippen molar-refractivity contribution >= 4 is 17.6 Å². The summed E-state index contributed by atoms with van der Waals surface area (Å²) in [7, 11) is 0. The first-order chi connectivity index (χ1) is 9.54. The van der Waals surface area contributed by atoms with Gasteiger partial charge in [-0.25, -0.2) is 0 Å². The molecule has 0 unspecified atom stereocenters. The van der Waals surface area contributed by atoms with Crippen molar-refractivity contribution in [3.63, 3.8) is 0 Å². The molecule has 1 saturated heterocycles. The average molecular weight is 275 g/mol. The van der Waals surface area contributed by atoms with Gasteiger partial charge in [-0.3, -0.25) is 10.3 Å². The van der Waals surface area contributed by atoms with Crippen molar-refractivity contribution in [1.82, 2.24) is 9.80 Å². The zero-order valence-corrected chi connectivity index (χ0v) is 11.4. The smallest absolute Gasteiger partial charge is 0.221 e. The monoisotopic (exact) mass is 275 g/mol. The van der Waals surface area contributed by atoms with Crippen LogP contribution >= 0.6 is 0 Å². The van der Waals surface area contributed by atoms with Crippen LogP contribution in [0.1, 0.15) is 5.56 Å². The summed E-state index contributed by atoms with van der Waals surface area (Å²) in [4.78, 5) is 7.97. The number of nitrogen functional groups attached to an aromatic ring is 1. The summed E-state index contributed by atoms with van der Waals surface area (Å²) in [5.74, 6) is 0.0609. The first kappa shape index (κ1) is 14.1. The summed E-state index contributed by atoms with van der Waals surface area (Å²) >= 11 is 0. The van der Waals surface area contributed by atoms with Crippen molar-refractivity contribution in [3.05, 3.63) is 29.8 Å². The molecule has 1 aliphatic rings. The van der Waals surface area contributed by atoms with E-state index in [2.05, 4.69) is 16.0 Å². The number of nitrogens with zero attached hydrogens (tertiary/aromatic N) is 3. The Morgan fingerprint density at radius 1 is 1.20 bits per heavy atom. The highest BCUT2D eigenvalue weighted by molar-refractivity contribution is 5.91. The van der Waals surface area contributed by atoms with Crippen molar-refractivity contribution in [3.8, 4) is 0 Å². The second-order valence-electron chi connectivity index (χ2n) is 4.87. The number of nitrogens with two attached hydrogens (primary N) is 3. The second kappa shape index (κ2) is 6.25. The number of benzene rings is 1. The van der Waals surface area contributed by atoms with E-state index in [1.54, 1.807) is 0 Å². The van der Waals surface area contributed by atoms with Gasteiger partial charge in [-0.2, -0.15) is 4.99 Å². The standard InChI is InChI=1S/C13H21N7/c14-11-3-1-2-10(8-11)9-19-4-6-20(7-5-19)13(17)18-12(15)16/h1-3,8H,4-7,9,14H2,(H5,15,16,17,18). The SMILES string of the molecule is N=C(N=C(N)N)N1CCN(Cc2cccc(N)c2)CC1. The lowest BCUT2D eigenvalue weighted by Crippen LogP contribution is -2.48. The van der Waals surface area contributed by atoms with Gasteiger partial charge in [-0.1, -0.05) is 12.1 Å². The molecule has 0 amide bonds. The molecule has 1 heterocycles. The third-order valence-electron chi connectivity index (χ3n) is 3.26. The van der Waals surface area contributed by atoms with E-state index >= 15 is 0 Å². The molecular weight excluding hydrogens is 254 g/mol. The van der Waals surface area contributed by atoms with Gasteiger partial charge in [0.1, 0.15) is 0 Å². The largest absolute Gasteiger partial charge is 0.399 e. The van der Waals surface area contributed by atoms with Crippen LogP contribution in [-0.4, -0.2) is 47.9 Å². The Bertz CT molecular complexity index is 499. The van der Waals surface area contributed by atoms with E-state index < -0.39 is 0 Å². The predicted octanol–water partition coefficient (Wildman–Crippen LogP) is -0.405. The van der Waals surface area contributed by atoms with Crippen molar-refractivity contribution in [2.45, 2.75) is 6.54 Å². The number of hydrogen-bond acceptors (Lipinski definition) is 3. The Morgan fingerprint density at radius 3 is 2.50 bits per heavy atom. The third kappa shape index (κ3) is 3.86.